The minimum absolute atomic E-state index is 0. The van der Waals surface area contributed by atoms with Crippen molar-refractivity contribution in [2.45, 2.75) is 26.7 Å². The summed E-state index contributed by atoms with van der Waals surface area (Å²) in [6.45, 7) is 6.84. The molecular weight excluding hydrogens is 619 g/mol. The van der Waals surface area contributed by atoms with Crippen LogP contribution >= 0.6 is 0 Å². The van der Waals surface area contributed by atoms with Crippen LogP contribution in [-0.4, -0.2) is 0 Å². The van der Waals surface area contributed by atoms with Crippen LogP contribution in [0.1, 0.15) is 57.3 Å². The molecule has 0 radical (unpaired) electrons. The number of benzene rings is 5. The van der Waals surface area contributed by atoms with E-state index in [-0.39, 0.29) is 30.7 Å². The molecule has 0 heterocycles. The zero-order valence-corrected chi connectivity index (χ0v) is 27.3. The normalized spacial score (nSPS) is 14.3. The summed E-state index contributed by atoms with van der Waals surface area (Å²) in [6.07, 6.45) is 2.50. The Hall–Kier alpha value is -2.96. The maximum Gasteiger partial charge on any atom is -1.00 e. The molecule has 199 valence electrons. The summed E-state index contributed by atoms with van der Waals surface area (Å²) >= 11 is 1.47. The summed E-state index contributed by atoms with van der Waals surface area (Å²) in [6, 6.07) is 40.3. The molecule has 5 aromatic rings. The third kappa shape index (κ3) is 4.83. The predicted molar refractivity (Wildman–Crippen MR) is 160 cm³/mol. The Balaban J connectivity index is 0.00000169. The van der Waals surface area contributed by atoms with Gasteiger partial charge in [0.2, 0.25) is 0 Å². The van der Waals surface area contributed by atoms with Gasteiger partial charge in [-0.05, 0) is 0 Å². The number of hydrogen-bond donors (Lipinski definition) is 0. The predicted octanol–water partition coefficient (Wildman–Crippen LogP) is 1.79. The zero-order chi connectivity index (χ0) is 26.7. The molecule has 0 nitrogen and oxygen atoms in total. The van der Waals surface area contributed by atoms with Gasteiger partial charge in [0, 0.05) is 0 Å². The number of allylic oxidation sites excluding steroid dienone is 2. The molecule has 5 aromatic carbocycles. The Morgan fingerprint density at radius 2 is 1.22 bits per heavy atom. The van der Waals surface area contributed by atoms with E-state index in [9.17, 15) is 0 Å². The van der Waals surface area contributed by atoms with Crippen LogP contribution in [-0.2, 0) is 24.7 Å². The van der Waals surface area contributed by atoms with Gasteiger partial charge < -0.3 is 24.8 Å². The van der Waals surface area contributed by atoms with Crippen molar-refractivity contribution < 1.29 is 49.5 Å². The number of rotatable bonds is 3. The van der Waals surface area contributed by atoms with E-state index in [1.807, 2.05) is 0 Å². The quantitative estimate of drug-likeness (QED) is 0.281. The van der Waals surface area contributed by atoms with E-state index < -0.39 is 0 Å². The molecule has 2 aliphatic carbocycles. The Kier molecular flexibility index (Phi) is 8.45. The summed E-state index contributed by atoms with van der Waals surface area (Å²) in [4.78, 5) is 0. The van der Waals surface area contributed by atoms with Crippen LogP contribution in [0.2, 0.25) is 0 Å². The molecular formula is C38H29Cl2Zr. The monoisotopic (exact) mass is 645 g/mol. The summed E-state index contributed by atoms with van der Waals surface area (Å²) in [7, 11) is 0. The summed E-state index contributed by atoms with van der Waals surface area (Å²) in [5.74, 6) is 0.244. The van der Waals surface area contributed by atoms with Gasteiger partial charge >= 0.3 is 247 Å². The van der Waals surface area contributed by atoms with E-state index in [1.165, 1.54) is 105 Å². The summed E-state index contributed by atoms with van der Waals surface area (Å²) in [5.41, 5.74) is 16.3. The molecule has 0 amide bonds. The van der Waals surface area contributed by atoms with Gasteiger partial charge in [-0.2, -0.15) is 0 Å². The van der Waals surface area contributed by atoms with E-state index >= 15 is 0 Å². The fourth-order valence-electron chi connectivity index (χ4n) is 6.65. The standard InChI is InChI=1S/C38H29.2ClH.Zr/c1-24-18-19-31-29(20-24)22-36-34(31)23-33(38(27-12-6-4-7-13-27)28-14-8-5-9-15-28)26(3)37(36)35-21-25(2)30-16-10-11-17-32(30)35;;;/h4-21,23,35H,1-3H3;2*1H;/q;;;+2/p-2. The van der Waals surface area contributed by atoms with E-state index in [1.54, 1.807) is 0 Å². The molecule has 1 unspecified atom stereocenters. The van der Waals surface area contributed by atoms with E-state index in [2.05, 4.69) is 136 Å². The van der Waals surface area contributed by atoms with Gasteiger partial charge in [-0.1, -0.05) is 0 Å². The van der Waals surface area contributed by atoms with E-state index in [0.717, 1.165) is 0 Å². The maximum atomic E-state index is 2.50. The molecule has 0 aromatic heterocycles. The molecule has 3 heteroatoms. The topological polar surface area (TPSA) is 0 Å². The third-order valence-electron chi connectivity index (χ3n) is 8.46. The average Bonchev–Trinajstić information content (AvgIpc) is 3.44. The molecule has 0 saturated heterocycles. The number of aryl methyl sites for hydroxylation is 1. The van der Waals surface area contributed by atoms with Crippen molar-refractivity contribution in [2.75, 3.05) is 0 Å². The van der Waals surface area contributed by atoms with Crippen molar-refractivity contribution in [3.8, 4) is 11.1 Å². The molecule has 2 aliphatic rings. The van der Waals surface area contributed by atoms with Crippen LogP contribution in [0.5, 0.6) is 0 Å². The number of fused-ring (bicyclic) bond motifs is 4. The Bertz CT molecular complexity index is 1900. The zero-order valence-electron chi connectivity index (χ0n) is 23.3. The molecule has 0 saturated carbocycles. The van der Waals surface area contributed by atoms with Gasteiger partial charge in [0.1, 0.15) is 0 Å². The van der Waals surface area contributed by atoms with Gasteiger partial charge in [0.25, 0.3) is 0 Å². The smallest absolute Gasteiger partial charge is 1.00 e. The Labute approximate surface area is 270 Å². The Morgan fingerprint density at radius 1 is 0.610 bits per heavy atom. The van der Waals surface area contributed by atoms with Gasteiger partial charge in [-0.25, -0.2) is 0 Å². The van der Waals surface area contributed by atoms with E-state index in [4.69, 9.17) is 0 Å². The van der Waals surface area contributed by atoms with Crippen molar-refractivity contribution in [3.63, 3.8) is 0 Å². The van der Waals surface area contributed by atoms with Gasteiger partial charge in [-0.3, -0.25) is 0 Å². The summed E-state index contributed by atoms with van der Waals surface area (Å²) < 4.78 is 1.48. The van der Waals surface area contributed by atoms with Crippen molar-refractivity contribution in [1.82, 2.24) is 0 Å². The van der Waals surface area contributed by atoms with Crippen molar-refractivity contribution in [1.29, 1.82) is 0 Å². The van der Waals surface area contributed by atoms with Crippen molar-refractivity contribution >= 4 is 14.4 Å². The van der Waals surface area contributed by atoms with Crippen LogP contribution in [0.3, 0.4) is 0 Å². The van der Waals surface area contributed by atoms with Crippen LogP contribution in [0.25, 0.3) is 25.6 Å². The molecule has 0 fully saturated rings. The van der Waals surface area contributed by atoms with Crippen molar-refractivity contribution in [2.24, 2.45) is 0 Å². The van der Waals surface area contributed by atoms with Crippen LogP contribution in [0.15, 0.2) is 115 Å². The van der Waals surface area contributed by atoms with E-state index in [0.29, 0.717) is 0 Å². The maximum absolute atomic E-state index is 2.50. The fourth-order valence-corrected chi connectivity index (χ4v) is 7.82. The number of hydrogen-bond acceptors (Lipinski definition) is 0. The van der Waals surface area contributed by atoms with Gasteiger partial charge in [0.15, 0.2) is 0 Å². The second kappa shape index (κ2) is 11.7. The van der Waals surface area contributed by atoms with Crippen molar-refractivity contribution in [3.05, 3.63) is 170 Å². The minimum Gasteiger partial charge on any atom is -1.00 e. The molecule has 0 N–H and O–H groups in total. The van der Waals surface area contributed by atoms with Gasteiger partial charge in [0.05, 0.1) is 0 Å². The second-order valence-electron chi connectivity index (χ2n) is 10.8. The fraction of sp³-hybridized carbons (Fsp3) is 0.105. The third-order valence-corrected chi connectivity index (χ3v) is 9.74. The largest absolute Gasteiger partial charge is 1.00 e. The first-order valence-electron chi connectivity index (χ1n) is 13.7. The average molecular weight is 648 g/mol. The first-order valence-corrected chi connectivity index (χ1v) is 14.9. The second-order valence-corrected chi connectivity index (χ2v) is 12.1. The number of halogens is 2. The van der Waals surface area contributed by atoms with Crippen LogP contribution in [0.4, 0.5) is 0 Å². The first kappa shape index (κ1) is 29.5. The van der Waals surface area contributed by atoms with Crippen LogP contribution < -0.4 is 35.3 Å². The van der Waals surface area contributed by atoms with Crippen LogP contribution in [0, 0.1) is 13.8 Å². The molecule has 41 heavy (non-hydrogen) atoms. The molecule has 0 bridgehead atoms. The molecule has 7 rings (SSSR count). The molecule has 0 aliphatic heterocycles. The molecule has 1 atom stereocenters. The van der Waals surface area contributed by atoms with Gasteiger partial charge in [-0.15, -0.1) is 0 Å². The Morgan fingerprint density at radius 3 is 1.88 bits per heavy atom. The molecule has 0 spiro atoms. The minimum atomic E-state index is 0. The SMILES string of the molecule is CC1=CC(c2c(C)c(=C(c3ccccc3)c3ccccc3)cc3c2=[C]([Zr+2])c2cc(C)ccc2-3)c2ccccc21.[Cl-].[Cl-]. The summed E-state index contributed by atoms with van der Waals surface area (Å²) in [5, 5.41) is 2.79. The first-order chi connectivity index (χ1) is 19.0.